The van der Waals surface area contributed by atoms with Gasteiger partial charge in [-0.1, -0.05) is 19.9 Å². The number of carbonyl (C=O) groups excluding carboxylic acids is 1. The summed E-state index contributed by atoms with van der Waals surface area (Å²) in [5.74, 6) is 2.82. The quantitative estimate of drug-likeness (QED) is 0.438. The van der Waals surface area contributed by atoms with E-state index in [2.05, 4.69) is 31.4 Å². The van der Waals surface area contributed by atoms with Crippen LogP contribution in [0.15, 0.2) is 29.3 Å². The van der Waals surface area contributed by atoms with Crippen LogP contribution in [0.2, 0.25) is 0 Å². The molecule has 1 fully saturated rings. The lowest BCUT2D eigenvalue weighted by atomic mass is 9.98. The number of guanidine groups is 1. The first-order valence-corrected chi connectivity index (χ1v) is 11.6. The predicted molar refractivity (Wildman–Crippen MR) is 126 cm³/mol. The number of hydrogen-bond acceptors (Lipinski definition) is 4. The van der Waals surface area contributed by atoms with Crippen LogP contribution in [0.3, 0.4) is 0 Å². The summed E-state index contributed by atoms with van der Waals surface area (Å²) in [5.41, 5.74) is 0. The Balaban J connectivity index is 1.85. The van der Waals surface area contributed by atoms with E-state index in [0.29, 0.717) is 18.5 Å². The maximum absolute atomic E-state index is 12.6. The number of amides is 1. The standard InChI is InChI=1S/C24H40N4O3/c1-6-19(7-2)23(29)28-14-12-20(13-15-28)27-24(25-8-3)26-17-18(4)31-22-11-9-10-21(16-22)30-5/h9-11,16,18-20H,6-8,12-15,17H2,1-5H3,(H2,25,26,27). The van der Waals surface area contributed by atoms with E-state index in [-0.39, 0.29) is 12.0 Å². The number of piperidine rings is 1. The molecule has 1 aliphatic heterocycles. The minimum Gasteiger partial charge on any atom is -0.497 e. The van der Waals surface area contributed by atoms with Crippen molar-refractivity contribution in [2.24, 2.45) is 10.9 Å². The third-order valence-electron chi connectivity index (χ3n) is 5.71. The molecule has 0 saturated carbocycles. The predicted octanol–water partition coefficient (Wildman–Crippen LogP) is 3.44. The van der Waals surface area contributed by atoms with Gasteiger partial charge in [0.1, 0.15) is 17.6 Å². The molecular weight excluding hydrogens is 392 g/mol. The van der Waals surface area contributed by atoms with Crippen molar-refractivity contribution in [1.29, 1.82) is 0 Å². The molecule has 7 heteroatoms. The molecule has 2 rings (SSSR count). The Morgan fingerprint density at radius 3 is 2.48 bits per heavy atom. The van der Waals surface area contributed by atoms with Crippen molar-refractivity contribution in [3.63, 3.8) is 0 Å². The molecule has 0 aliphatic carbocycles. The number of ether oxygens (including phenoxy) is 2. The number of aliphatic imine (C=N–C) groups is 1. The van der Waals surface area contributed by atoms with Crippen molar-refractivity contribution in [2.75, 3.05) is 33.3 Å². The molecule has 1 unspecified atom stereocenters. The largest absolute Gasteiger partial charge is 0.497 e. The lowest BCUT2D eigenvalue weighted by Crippen LogP contribution is -2.50. The normalized spacial score (nSPS) is 16.2. The molecule has 2 N–H and O–H groups in total. The maximum Gasteiger partial charge on any atom is 0.225 e. The Morgan fingerprint density at radius 2 is 1.87 bits per heavy atom. The molecular formula is C24H40N4O3. The number of carbonyl (C=O) groups is 1. The molecule has 1 aromatic rings. The number of likely N-dealkylation sites (tertiary alicyclic amines) is 1. The monoisotopic (exact) mass is 432 g/mol. The van der Waals surface area contributed by atoms with Gasteiger partial charge in [-0.2, -0.15) is 0 Å². The van der Waals surface area contributed by atoms with E-state index >= 15 is 0 Å². The van der Waals surface area contributed by atoms with Crippen LogP contribution in [0.1, 0.15) is 53.4 Å². The number of rotatable bonds is 10. The average Bonchev–Trinajstić information content (AvgIpc) is 2.79. The van der Waals surface area contributed by atoms with E-state index in [4.69, 9.17) is 14.5 Å². The Kier molecular flexibility index (Phi) is 10.5. The van der Waals surface area contributed by atoms with E-state index in [1.54, 1.807) is 7.11 Å². The number of nitrogens with zero attached hydrogens (tertiary/aromatic N) is 2. The smallest absolute Gasteiger partial charge is 0.225 e. The van der Waals surface area contributed by atoms with Gasteiger partial charge in [0.05, 0.1) is 13.7 Å². The van der Waals surface area contributed by atoms with Gasteiger partial charge in [-0.05, 0) is 51.7 Å². The second kappa shape index (κ2) is 13.1. The van der Waals surface area contributed by atoms with Gasteiger partial charge >= 0.3 is 0 Å². The summed E-state index contributed by atoms with van der Waals surface area (Å²) in [6, 6.07) is 7.92. The van der Waals surface area contributed by atoms with Crippen molar-refractivity contribution in [3.8, 4) is 11.5 Å². The fourth-order valence-electron chi connectivity index (χ4n) is 3.82. The lowest BCUT2D eigenvalue weighted by molar-refractivity contribution is -0.136. The lowest BCUT2D eigenvalue weighted by Gasteiger charge is -2.35. The van der Waals surface area contributed by atoms with Crippen molar-refractivity contribution in [3.05, 3.63) is 24.3 Å². The van der Waals surface area contributed by atoms with Crippen LogP contribution in [0, 0.1) is 5.92 Å². The van der Waals surface area contributed by atoms with E-state index in [9.17, 15) is 4.79 Å². The van der Waals surface area contributed by atoms with Gasteiger partial charge in [0.25, 0.3) is 0 Å². The van der Waals surface area contributed by atoms with Gasteiger partial charge in [-0.3, -0.25) is 4.79 Å². The molecule has 0 radical (unpaired) electrons. The van der Waals surface area contributed by atoms with Gasteiger partial charge in [0, 0.05) is 37.7 Å². The van der Waals surface area contributed by atoms with Crippen molar-refractivity contribution < 1.29 is 14.3 Å². The van der Waals surface area contributed by atoms with Gasteiger partial charge in [-0.15, -0.1) is 0 Å². The summed E-state index contributed by atoms with van der Waals surface area (Å²) in [6.07, 6.45) is 3.64. The molecule has 1 aromatic carbocycles. The summed E-state index contributed by atoms with van der Waals surface area (Å²) < 4.78 is 11.2. The highest BCUT2D eigenvalue weighted by atomic mass is 16.5. The summed E-state index contributed by atoms with van der Waals surface area (Å²) in [4.78, 5) is 19.4. The minimum atomic E-state index is -0.0675. The zero-order valence-electron chi connectivity index (χ0n) is 19.8. The highest BCUT2D eigenvalue weighted by Gasteiger charge is 2.26. The van der Waals surface area contributed by atoms with Gasteiger partial charge in [0.2, 0.25) is 5.91 Å². The highest BCUT2D eigenvalue weighted by Crippen LogP contribution is 2.20. The first kappa shape index (κ1) is 24.8. The first-order chi connectivity index (χ1) is 15.0. The third-order valence-corrected chi connectivity index (χ3v) is 5.71. The summed E-state index contributed by atoms with van der Waals surface area (Å²) in [7, 11) is 1.65. The van der Waals surface area contributed by atoms with Gasteiger partial charge < -0.3 is 25.0 Å². The van der Waals surface area contributed by atoms with Crippen LogP contribution in [0.5, 0.6) is 11.5 Å². The van der Waals surface area contributed by atoms with Crippen LogP contribution < -0.4 is 20.1 Å². The fraction of sp³-hybridized carbons (Fsp3) is 0.667. The van der Waals surface area contributed by atoms with Crippen molar-refractivity contribution >= 4 is 11.9 Å². The Morgan fingerprint density at radius 1 is 1.19 bits per heavy atom. The number of methoxy groups -OCH3 is 1. The van der Waals surface area contributed by atoms with Crippen LogP contribution in [-0.4, -0.2) is 62.2 Å². The summed E-state index contributed by atoms with van der Waals surface area (Å²) >= 11 is 0. The molecule has 31 heavy (non-hydrogen) atoms. The van der Waals surface area contributed by atoms with Crippen LogP contribution in [0.4, 0.5) is 0 Å². The Labute approximate surface area is 187 Å². The SMILES string of the molecule is CCNC(=NCC(C)Oc1cccc(OC)c1)NC1CCN(C(=O)C(CC)CC)CC1. The summed E-state index contributed by atoms with van der Waals surface area (Å²) in [5, 5.41) is 6.86. The Bertz CT molecular complexity index is 698. The van der Waals surface area contributed by atoms with Crippen LogP contribution >= 0.6 is 0 Å². The zero-order valence-corrected chi connectivity index (χ0v) is 19.8. The molecule has 1 saturated heterocycles. The van der Waals surface area contributed by atoms with Crippen LogP contribution in [0.25, 0.3) is 0 Å². The molecule has 1 aliphatic rings. The fourth-order valence-corrected chi connectivity index (χ4v) is 3.82. The van der Waals surface area contributed by atoms with E-state index < -0.39 is 0 Å². The Hall–Kier alpha value is -2.44. The molecule has 7 nitrogen and oxygen atoms in total. The minimum absolute atomic E-state index is 0.0675. The molecule has 0 bridgehead atoms. The molecule has 1 atom stereocenters. The number of benzene rings is 1. The van der Waals surface area contributed by atoms with Gasteiger partial charge in [-0.25, -0.2) is 4.99 Å². The average molecular weight is 433 g/mol. The van der Waals surface area contributed by atoms with Crippen molar-refractivity contribution in [1.82, 2.24) is 15.5 Å². The first-order valence-electron chi connectivity index (χ1n) is 11.6. The van der Waals surface area contributed by atoms with E-state index in [0.717, 1.165) is 62.8 Å². The van der Waals surface area contributed by atoms with Gasteiger partial charge in [0.15, 0.2) is 5.96 Å². The molecule has 1 heterocycles. The van der Waals surface area contributed by atoms with E-state index in [1.165, 1.54) is 0 Å². The summed E-state index contributed by atoms with van der Waals surface area (Å²) in [6.45, 7) is 11.2. The van der Waals surface area contributed by atoms with Crippen LogP contribution in [-0.2, 0) is 4.79 Å². The second-order valence-electron chi connectivity index (χ2n) is 8.08. The second-order valence-corrected chi connectivity index (χ2v) is 8.08. The van der Waals surface area contributed by atoms with Crippen molar-refractivity contribution in [2.45, 2.75) is 65.5 Å². The highest BCUT2D eigenvalue weighted by molar-refractivity contribution is 5.80. The third kappa shape index (κ3) is 7.96. The molecule has 0 spiro atoms. The molecule has 0 aromatic heterocycles. The molecule has 174 valence electrons. The number of hydrogen-bond donors (Lipinski definition) is 2. The zero-order chi connectivity index (χ0) is 22.6. The topological polar surface area (TPSA) is 75.2 Å². The maximum atomic E-state index is 12.6. The number of nitrogens with one attached hydrogen (secondary N) is 2. The van der Waals surface area contributed by atoms with E-state index in [1.807, 2.05) is 36.1 Å². The molecule has 1 amide bonds.